The Morgan fingerprint density at radius 1 is 1.55 bits per heavy atom. The summed E-state index contributed by atoms with van der Waals surface area (Å²) in [6, 6.07) is 3.84. The average Bonchev–Trinajstić information content (AvgIpc) is 3.21. The van der Waals surface area contributed by atoms with Crippen LogP contribution in [0.25, 0.3) is 0 Å². The first-order valence-corrected chi connectivity index (χ1v) is 6.23. The summed E-state index contributed by atoms with van der Waals surface area (Å²) >= 11 is 0. The number of nitro groups is 1. The SMILES string of the molecule is C#CCN(CC1CC1)c1ccc([N+](=O)[O-])cc1C(=O)O. The van der Waals surface area contributed by atoms with Crippen LogP contribution in [0.4, 0.5) is 11.4 Å². The molecule has 1 aliphatic rings. The van der Waals surface area contributed by atoms with Gasteiger partial charge in [-0.3, -0.25) is 10.1 Å². The van der Waals surface area contributed by atoms with Crippen molar-refractivity contribution < 1.29 is 14.8 Å². The molecule has 0 aromatic heterocycles. The van der Waals surface area contributed by atoms with Crippen LogP contribution in [-0.2, 0) is 0 Å². The Hall–Kier alpha value is -2.55. The molecule has 6 nitrogen and oxygen atoms in total. The van der Waals surface area contributed by atoms with Crippen LogP contribution in [0.1, 0.15) is 23.2 Å². The van der Waals surface area contributed by atoms with Crippen molar-refractivity contribution >= 4 is 17.3 Å². The number of hydrogen-bond acceptors (Lipinski definition) is 4. The van der Waals surface area contributed by atoms with E-state index < -0.39 is 10.9 Å². The first kappa shape index (κ1) is 13.9. The minimum atomic E-state index is -1.19. The van der Waals surface area contributed by atoms with Gasteiger partial charge in [-0.25, -0.2) is 4.79 Å². The highest BCUT2D eigenvalue weighted by atomic mass is 16.6. The molecule has 6 heteroatoms. The number of rotatable bonds is 6. The summed E-state index contributed by atoms with van der Waals surface area (Å²) in [7, 11) is 0. The maximum absolute atomic E-state index is 11.3. The number of carboxylic acids is 1. The normalized spacial score (nSPS) is 13.6. The lowest BCUT2D eigenvalue weighted by Crippen LogP contribution is -2.27. The van der Waals surface area contributed by atoms with Gasteiger partial charge in [-0.05, 0) is 24.8 Å². The van der Waals surface area contributed by atoms with E-state index in [0.29, 0.717) is 18.2 Å². The van der Waals surface area contributed by atoms with Gasteiger partial charge in [0.2, 0.25) is 0 Å². The third-order valence-corrected chi connectivity index (χ3v) is 3.22. The molecule has 104 valence electrons. The number of nitro benzene ring substituents is 1. The van der Waals surface area contributed by atoms with Crippen LogP contribution in [0.5, 0.6) is 0 Å². The summed E-state index contributed by atoms with van der Waals surface area (Å²) in [5.74, 6) is 1.84. The second kappa shape index (κ2) is 5.61. The number of terminal acetylenes is 1. The molecule has 0 spiro atoms. The van der Waals surface area contributed by atoms with Gasteiger partial charge in [-0.15, -0.1) is 6.42 Å². The van der Waals surface area contributed by atoms with Gasteiger partial charge in [0.15, 0.2) is 0 Å². The third kappa shape index (κ3) is 3.06. The van der Waals surface area contributed by atoms with Gasteiger partial charge in [0.25, 0.3) is 5.69 Å². The molecule has 1 aliphatic carbocycles. The second-order valence-electron chi connectivity index (χ2n) is 4.79. The van der Waals surface area contributed by atoms with E-state index in [2.05, 4.69) is 5.92 Å². The highest BCUT2D eigenvalue weighted by molar-refractivity contribution is 5.95. The van der Waals surface area contributed by atoms with Gasteiger partial charge in [-0.1, -0.05) is 5.92 Å². The number of carbonyl (C=O) groups is 1. The Balaban J connectivity index is 2.38. The van der Waals surface area contributed by atoms with E-state index in [1.165, 1.54) is 12.1 Å². The Bertz CT molecular complexity index is 587. The van der Waals surface area contributed by atoms with E-state index in [1.807, 2.05) is 0 Å². The molecule has 1 aromatic carbocycles. The molecule has 0 saturated heterocycles. The Labute approximate surface area is 116 Å². The quantitative estimate of drug-likeness (QED) is 0.488. The first-order chi connectivity index (χ1) is 9.52. The van der Waals surface area contributed by atoms with E-state index in [4.69, 9.17) is 6.42 Å². The molecule has 2 rings (SSSR count). The van der Waals surface area contributed by atoms with Gasteiger partial charge in [0.05, 0.1) is 22.7 Å². The molecule has 0 radical (unpaired) electrons. The number of hydrogen-bond donors (Lipinski definition) is 1. The maximum Gasteiger partial charge on any atom is 0.338 e. The minimum absolute atomic E-state index is 0.0879. The molecular formula is C14H14N2O4. The van der Waals surface area contributed by atoms with Crippen LogP contribution in [0.3, 0.4) is 0 Å². The van der Waals surface area contributed by atoms with Crippen molar-refractivity contribution in [3.8, 4) is 12.3 Å². The molecule has 1 saturated carbocycles. The average molecular weight is 274 g/mol. The van der Waals surface area contributed by atoms with E-state index in [1.54, 1.807) is 4.90 Å². The highest BCUT2D eigenvalue weighted by Crippen LogP contribution is 2.33. The second-order valence-corrected chi connectivity index (χ2v) is 4.79. The van der Waals surface area contributed by atoms with Crippen LogP contribution in [0.15, 0.2) is 18.2 Å². The lowest BCUT2D eigenvalue weighted by Gasteiger charge is -2.23. The molecule has 1 fully saturated rings. The lowest BCUT2D eigenvalue weighted by atomic mass is 10.1. The summed E-state index contributed by atoms with van der Waals surface area (Å²) in [4.78, 5) is 23.2. The zero-order valence-corrected chi connectivity index (χ0v) is 10.8. The highest BCUT2D eigenvalue weighted by Gasteiger charge is 2.27. The fourth-order valence-electron chi connectivity index (χ4n) is 2.06. The Morgan fingerprint density at radius 2 is 2.25 bits per heavy atom. The van der Waals surface area contributed by atoms with Crippen molar-refractivity contribution in [3.63, 3.8) is 0 Å². The molecule has 1 N–H and O–H groups in total. The predicted molar refractivity (Wildman–Crippen MR) is 73.8 cm³/mol. The number of aromatic carboxylic acids is 1. The zero-order valence-electron chi connectivity index (χ0n) is 10.8. The number of nitrogens with zero attached hydrogens (tertiary/aromatic N) is 2. The van der Waals surface area contributed by atoms with E-state index in [-0.39, 0.29) is 17.8 Å². The number of benzene rings is 1. The van der Waals surface area contributed by atoms with Crippen LogP contribution in [-0.4, -0.2) is 29.1 Å². The molecular weight excluding hydrogens is 260 g/mol. The molecule has 0 bridgehead atoms. The predicted octanol–water partition coefficient (Wildman–Crippen LogP) is 2.14. The van der Waals surface area contributed by atoms with Crippen molar-refractivity contribution in [1.29, 1.82) is 0 Å². The van der Waals surface area contributed by atoms with Crippen molar-refractivity contribution in [2.75, 3.05) is 18.0 Å². The Kier molecular flexibility index (Phi) is 3.89. The van der Waals surface area contributed by atoms with Crippen molar-refractivity contribution in [1.82, 2.24) is 0 Å². The summed E-state index contributed by atoms with van der Waals surface area (Å²) in [5, 5.41) is 20.0. The van der Waals surface area contributed by atoms with Gasteiger partial charge < -0.3 is 10.0 Å². The van der Waals surface area contributed by atoms with Crippen LogP contribution < -0.4 is 4.90 Å². The summed E-state index contributed by atoms with van der Waals surface area (Å²) in [6.45, 7) is 0.969. The largest absolute Gasteiger partial charge is 0.478 e. The van der Waals surface area contributed by atoms with E-state index in [0.717, 1.165) is 18.9 Å². The zero-order chi connectivity index (χ0) is 14.7. The molecule has 0 atom stereocenters. The van der Waals surface area contributed by atoms with Gasteiger partial charge >= 0.3 is 5.97 Å². The number of anilines is 1. The minimum Gasteiger partial charge on any atom is -0.478 e. The third-order valence-electron chi connectivity index (χ3n) is 3.22. The van der Waals surface area contributed by atoms with Gasteiger partial charge in [0, 0.05) is 18.7 Å². The first-order valence-electron chi connectivity index (χ1n) is 6.23. The molecule has 20 heavy (non-hydrogen) atoms. The number of carboxylic acid groups (broad SMARTS) is 1. The van der Waals surface area contributed by atoms with Crippen molar-refractivity contribution in [2.24, 2.45) is 5.92 Å². The van der Waals surface area contributed by atoms with Crippen molar-refractivity contribution in [3.05, 3.63) is 33.9 Å². The molecule has 0 aliphatic heterocycles. The van der Waals surface area contributed by atoms with Crippen LogP contribution >= 0.6 is 0 Å². The summed E-state index contributed by atoms with van der Waals surface area (Å²) in [5.41, 5.74) is 0.112. The van der Waals surface area contributed by atoms with Crippen LogP contribution in [0.2, 0.25) is 0 Å². The Morgan fingerprint density at radius 3 is 2.75 bits per heavy atom. The van der Waals surface area contributed by atoms with Crippen molar-refractivity contribution in [2.45, 2.75) is 12.8 Å². The smallest absolute Gasteiger partial charge is 0.338 e. The maximum atomic E-state index is 11.3. The molecule has 0 unspecified atom stereocenters. The van der Waals surface area contributed by atoms with Crippen LogP contribution in [0, 0.1) is 28.4 Å². The van der Waals surface area contributed by atoms with E-state index >= 15 is 0 Å². The fourth-order valence-corrected chi connectivity index (χ4v) is 2.06. The molecule has 0 amide bonds. The van der Waals surface area contributed by atoms with E-state index in [9.17, 15) is 20.0 Å². The van der Waals surface area contributed by atoms with Gasteiger partial charge in [0.1, 0.15) is 0 Å². The number of non-ortho nitro benzene ring substituents is 1. The molecule has 0 heterocycles. The fraction of sp³-hybridized carbons (Fsp3) is 0.357. The lowest BCUT2D eigenvalue weighted by molar-refractivity contribution is -0.384. The van der Waals surface area contributed by atoms with Gasteiger partial charge in [-0.2, -0.15) is 0 Å². The summed E-state index contributed by atoms with van der Waals surface area (Å²) < 4.78 is 0. The summed E-state index contributed by atoms with van der Waals surface area (Å²) in [6.07, 6.45) is 7.54. The monoisotopic (exact) mass is 274 g/mol. The topological polar surface area (TPSA) is 83.7 Å². The molecule has 1 aromatic rings. The standard InChI is InChI=1S/C14H14N2O4/c1-2-7-15(9-10-3-4-10)13-6-5-11(16(19)20)8-12(13)14(17)18/h1,5-6,8,10H,3-4,7,9H2,(H,17,18).